The molecule has 0 fully saturated rings. The first-order valence-electron chi connectivity index (χ1n) is 4.64. The Labute approximate surface area is 81.9 Å². The van der Waals surface area contributed by atoms with Gasteiger partial charge in [0.05, 0.1) is 18.5 Å². The minimum Gasteiger partial charge on any atom is -0.469 e. The number of carbonyl (C=O) groups is 1. The van der Waals surface area contributed by atoms with Crippen LogP contribution in [0.15, 0.2) is 0 Å². The molecule has 0 aromatic carbocycles. The first kappa shape index (κ1) is 9.21. The van der Waals surface area contributed by atoms with Crippen molar-refractivity contribution in [2.45, 2.75) is 19.4 Å². The number of imidazole rings is 1. The molecule has 0 amide bonds. The molecule has 5 heteroatoms. The number of carbonyl (C=O) groups excluding carboxylic acids is 1. The summed E-state index contributed by atoms with van der Waals surface area (Å²) in [5.41, 5.74) is 2.16. The fourth-order valence-corrected chi connectivity index (χ4v) is 1.57. The highest BCUT2D eigenvalue weighted by Gasteiger charge is 2.15. The van der Waals surface area contributed by atoms with Gasteiger partial charge in [0.15, 0.2) is 0 Å². The van der Waals surface area contributed by atoms with E-state index in [1.165, 1.54) is 7.11 Å². The van der Waals surface area contributed by atoms with E-state index in [-0.39, 0.29) is 12.4 Å². The molecular formula is C9H13N3O2. The Morgan fingerprint density at radius 3 is 3.21 bits per heavy atom. The fraction of sp³-hybridized carbons (Fsp3) is 0.556. The van der Waals surface area contributed by atoms with E-state index < -0.39 is 0 Å². The van der Waals surface area contributed by atoms with E-state index in [4.69, 9.17) is 0 Å². The minimum absolute atomic E-state index is 0.226. The first-order chi connectivity index (χ1) is 6.79. The topological polar surface area (TPSA) is 67.0 Å². The standard InChI is InChI=1S/C9H13N3O2/c1-14-9(13)4-8-11-6-2-3-10-5-7(6)12-8/h10H,2-5H2,1H3,(H,11,12). The number of fused-ring (bicyclic) bond motifs is 1. The van der Waals surface area contributed by atoms with Crippen LogP contribution in [0.5, 0.6) is 0 Å². The lowest BCUT2D eigenvalue weighted by Crippen LogP contribution is -2.23. The van der Waals surface area contributed by atoms with E-state index >= 15 is 0 Å². The van der Waals surface area contributed by atoms with Gasteiger partial charge in [0.25, 0.3) is 0 Å². The number of nitrogens with one attached hydrogen (secondary N) is 2. The number of methoxy groups -OCH3 is 1. The van der Waals surface area contributed by atoms with Crippen LogP contribution in [0.2, 0.25) is 0 Å². The van der Waals surface area contributed by atoms with Gasteiger partial charge in [0.2, 0.25) is 0 Å². The molecule has 0 spiro atoms. The molecule has 2 rings (SSSR count). The SMILES string of the molecule is COC(=O)Cc1nc2c([nH]1)CNCC2. The second kappa shape index (κ2) is 3.79. The molecule has 5 nitrogen and oxygen atoms in total. The highest BCUT2D eigenvalue weighted by molar-refractivity contribution is 5.71. The Morgan fingerprint density at radius 1 is 1.64 bits per heavy atom. The summed E-state index contributed by atoms with van der Waals surface area (Å²) >= 11 is 0. The Morgan fingerprint density at radius 2 is 2.50 bits per heavy atom. The second-order valence-corrected chi connectivity index (χ2v) is 3.29. The number of nitrogens with zero attached hydrogens (tertiary/aromatic N) is 1. The van der Waals surface area contributed by atoms with Crippen LogP contribution in [-0.2, 0) is 28.9 Å². The Bertz CT molecular complexity index is 322. The lowest BCUT2D eigenvalue weighted by molar-refractivity contribution is -0.139. The van der Waals surface area contributed by atoms with Gasteiger partial charge in [-0.3, -0.25) is 4.79 Å². The van der Waals surface area contributed by atoms with Crippen LogP contribution >= 0.6 is 0 Å². The number of hydrogen-bond donors (Lipinski definition) is 2. The largest absolute Gasteiger partial charge is 0.469 e. The van der Waals surface area contributed by atoms with E-state index in [1.807, 2.05) is 0 Å². The van der Waals surface area contributed by atoms with Crippen LogP contribution in [0.1, 0.15) is 17.2 Å². The molecule has 0 saturated carbocycles. The number of aromatic amines is 1. The third-order valence-corrected chi connectivity index (χ3v) is 2.29. The van der Waals surface area contributed by atoms with Crippen LogP contribution in [0, 0.1) is 0 Å². The Balaban J connectivity index is 2.12. The predicted octanol–water partition coefficient (Wildman–Crippen LogP) is -0.229. The van der Waals surface area contributed by atoms with Crippen LogP contribution in [0.25, 0.3) is 0 Å². The van der Waals surface area contributed by atoms with E-state index in [0.29, 0.717) is 5.82 Å². The highest BCUT2D eigenvalue weighted by atomic mass is 16.5. The van der Waals surface area contributed by atoms with Gasteiger partial charge in [-0.25, -0.2) is 4.98 Å². The van der Waals surface area contributed by atoms with Crippen molar-refractivity contribution in [3.8, 4) is 0 Å². The van der Waals surface area contributed by atoms with Crippen LogP contribution in [0.3, 0.4) is 0 Å². The third kappa shape index (κ3) is 1.77. The molecule has 0 unspecified atom stereocenters. The van der Waals surface area contributed by atoms with Gasteiger partial charge in [0, 0.05) is 19.5 Å². The molecule has 0 atom stereocenters. The molecular weight excluding hydrogens is 182 g/mol. The van der Waals surface area contributed by atoms with Crippen LogP contribution in [0.4, 0.5) is 0 Å². The zero-order valence-corrected chi connectivity index (χ0v) is 8.09. The van der Waals surface area contributed by atoms with Crippen molar-refractivity contribution in [3.05, 3.63) is 17.2 Å². The maximum Gasteiger partial charge on any atom is 0.313 e. The number of aromatic nitrogens is 2. The first-order valence-corrected chi connectivity index (χ1v) is 4.64. The smallest absolute Gasteiger partial charge is 0.313 e. The van der Waals surface area contributed by atoms with Gasteiger partial charge in [0.1, 0.15) is 12.2 Å². The molecule has 76 valence electrons. The summed E-state index contributed by atoms with van der Waals surface area (Å²) in [5.74, 6) is 0.439. The quantitative estimate of drug-likeness (QED) is 0.640. The molecule has 0 radical (unpaired) electrons. The molecule has 1 aromatic heterocycles. The Kier molecular flexibility index (Phi) is 2.49. The Hall–Kier alpha value is -1.36. The van der Waals surface area contributed by atoms with Crippen molar-refractivity contribution in [3.63, 3.8) is 0 Å². The van der Waals surface area contributed by atoms with Crippen molar-refractivity contribution in [1.29, 1.82) is 0 Å². The highest BCUT2D eigenvalue weighted by Crippen LogP contribution is 2.11. The molecule has 1 aliphatic rings. The van der Waals surface area contributed by atoms with Crippen LogP contribution < -0.4 is 5.32 Å². The molecule has 1 aromatic rings. The van der Waals surface area contributed by atoms with E-state index in [0.717, 1.165) is 30.9 Å². The lowest BCUT2D eigenvalue weighted by Gasteiger charge is -2.09. The molecule has 0 aliphatic carbocycles. The van der Waals surface area contributed by atoms with Gasteiger partial charge in [-0.15, -0.1) is 0 Å². The summed E-state index contributed by atoms with van der Waals surface area (Å²) in [7, 11) is 1.38. The van der Waals surface area contributed by atoms with Crippen molar-refractivity contribution in [2.75, 3.05) is 13.7 Å². The zero-order chi connectivity index (χ0) is 9.97. The summed E-state index contributed by atoms with van der Waals surface area (Å²) < 4.78 is 4.57. The molecule has 0 bridgehead atoms. The average molecular weight is 195 g/mol. The maximum atomic E-state index is 11.0. The van der Waals surface area contributed by atoms with Crippen LogP contribution in [-0.4, -0.2) is 29.6 Å². The number of ether oxygens (including phenoxy) is 1. The number of esters is 1. The van der Waals surface area contributed by atoms with Gasteiger partial charge in [-0.05, 0) is 0 Å². The van der Waals surface area contributed by atoms with Crippen molar-refractivity contribution in [2.24, 2.45) is 0 Å². The summed E-state index contributed by atoms with van der Waals surface area (Å²) in [6.07, 6.45) is 1.15. The zero-order valence-electron chi connectivity index (χ0n) is 8.09. The maximum absolute atomic E-state index is 11.0. The molecule has 1 aliphatic heterocycles. The van der Waals surface area contributed by atoms with E-state index in [2.05, 4.69) is 20.0 Å². The van der Waals surface area contributed by atoms with Gasteiger partial charge < -0.3 is 15.0 Å². The molecule has 2 N–H and O–H groups in total. The van der Waals surface area contributed by atoms with E-state index in [1.54, 1.807) is 0 Å². The molecule has 14 heavy (non-hydrogen) atoms. The monoisotopic (exact) mass is 195 g/mol. The summed E-state index contributed by atoms with van der Waals surface area (Å²) in [6, 6.07) is 0. The fourth-order valence-electron chi connectivity index (χ4n) is 1.57. The summed E-state index contributed by atoms with van der Waals surface area (Å²) in [4.78, 5) is 18.5. The molecule has 0 saturated heterocycles. The van der Waals surface area contributed by atoms with Gasteiger partial charge >= 0.3 is 5.97 Å². The third-order valence-electron chi connectivity index (χ3n) is 2.29. The number of hydrogen-bond acceptors (Lipinski definition) is 4. The molecule has 2 heterocycles. The van der Waals surface area contributed by atoms with Gasteiger partial charge in [-0.1, -0.05) is 0 Å². The van der Waals surface area contributed by atoms with Gasteiger partial charge in [-0.2, -0.15) is 0 Å². The van der Waals surface area contributed by atoms with E-state index in [9.17, 15) is 4.79 Å². The summed E-state index contributed by atoms with van der Waals surface area (Å²) in [5, 5.41) is 3.23. The van der Waals surface area contributed by atoms with Crippen molar-refractivity contribution >= 4 is 5.97 Å². The average Bonchev–Trinajstić information content (AvgIpc) is 2.59. The van der Waals surface area contributed by atoms with Crippen molar-refractivity contribution < 1.29 is 9.53 Å². The van der Waals surface area contributed by atoms with Crippen molar-refractivity contribution in [1.82, 2.24) is 15.3 Å². The summed E-state index contributed by atoms with van der Waals surface area (Å²) in [6.45, 7) is 1.76. The second-order valence-electron chi connectivity index (χ2n) is 3.29. The normalized spacial score (nSPS) is 14.9. The minimum atomic E-state index is -0.260. The number of rotatable bonds is 2. The number of H-pyrrole nitrogens is 1. The predicted molar refractivity (Wildman–Crippen MR) is 49.7 cm³/mol. The lowest BCUT2D eigenvalue weighted by atomic mass is 10.2.